The van der Waals surface area contributed by atoms with E-state index >= 15 is 0 Å². The minimum atomic E-state index is -4.03. The van der Waals surface area contributed by atoms with Gasteiger partial charge in [0, 0.05) is 0 Å². The molecule has 4 aromatic carbocycles. The molecule has 0 radical (unpaired) electrons. The summed E-state index contributed by atoms with van der Waals surface area (Å²) in [6, 6.07) is 27.8. The zero-order valence-corrected chi connectivity index (χ0v) is 34.1. The predicted octanol–water partition coefficient (Wildman–Crippen LogP) is 9.98. The van der Waals surface area contributed by atoms with Crippen molar-refractivity contribution in [3.05, 3.63) is 106 Å². The molecule has 0 saturated heterocycles. The molecule has 1 unspecified atom stereocenters. The van der Waals surface area contributed by atoms with Crippen LogP contribution in [0.25, 0.3) is 28.3 Å². The second-order valence-corrected chi connectivity index (χ2v) is 32.2. The molecule has 1 atom stereocenters. The Morgan fingerprint density at radius 3 is 1.93 bits per heavy atom. The molecule has 0 fully saturated rings. The van der Waals surface area contributed by atoms with Crippen molar-refractivity contribution >= 4 is 46.3 Å². The Kier molecular flexibility index (Phi) is 8.47. The number of fused-ring (bicyclic) bond motifs is 4. The van der Waals surface area contributed by atoms with E-state index in [4.69, 9.17) is 17.0 Å². The van der Waals surface area contributed by atoms with Crippen LogP contribution in [0.2, 0.25) is 0 Å². The van der Waals surface area contributed by atoms with Crippen LogP contribution in [0.4, 0.5) is 0 Å². The van der Waals surface area contributed by atoms with Gasteiger partial charge in [-0.3, -0.25) is 0 Å². The third-order valence-electron chi connectivity index (χ3n) is 10.0. The number of benzene rings is 4. The first-order valence-electron chi connectivity index (χ1n) is 16.6. The molecule has 0 amide bonds. The van der Waals surface area contributed by atoms with E-state index in [0.717, 1.165) is 6.42 Å². The van der Waals surface area contributed by atoms with Gasteiger partial charge in [-0.2, -0.15) is 0 Å². The summed E-state index contributed by atoms with van der Waals surface area (Å²) in [6.07, 6.45) is 3.43. The predicted molar refractivity (Wildman–Crippen MR) is 200 cm³/mol. The molecule has 234 valence electrons. The van der Waals surface area contributed by atoms with Crippen molar-refractivity contribution in [1.29, 1.82) is 0 Å². The topological polar surface area (TPSA) is 0 Å². The van der Waals surface area contributed by atoms with E-state index in [1.807, 2.05) is 0 Å². The van der Waals surface area contributed by atoms with Gasteiger partial charge in [0.15, 0.2) is 0 Å². The minimum absolute atomic E-state index is 0.0256. The molecule has 45 heavy (non-hydrogen) atoms. The van der Waals surface area contributed by atoms with Crippen molar-refractivity contribution in [3.63, 3.8) is 0 Å². The Morgan fingerprint density at radius 2 is 1.33 bits per heavy atom. The summed E-state index contributed by atoms with van der Waals surface area (Å²) in [5, 5.41) is 3.00. The van der Waals surface area contributed by atoms with E-state index in [0.29, 0.717) is 0 Å². The zero-order chi connectivity index (χ0) is 32.7. The molecule has 0 bridgehead atoms. The van der Waals surface area contributed by atoms with Crippen molar-refractivity contribution in [3.8, 4) is 22.3 Å². The first-order chi connectivity index (χ1) is 20.9. The van der Waals surface area contributed by atoms with Crippen LogP contribution in [-0.2, 0) is 34.1 Å². The molecule has 0 N–H and O–H groups in total. The normalized spacial score (nSPS) is 16.9. The van der Waals surface area contributed by atoms with Crippen LogP contribution < -0.4 is 13.6 Å². The molecule has 0 spiro atoms. The van der Waals surface area contributed by atoms with Crippen molar-refractivity contribution in [2.24, 2.45) is 0 Å². The molecule has 0 aromatic heterocycles. The number of rotatable bonds is 4. The Hall–Kier alpha value is -1.70. The first-order valence-corrected chi connectivity index (χ1v) is 26.9. The fourth-order valence-electron chi connectivity index (χ4n) is 7.44. The molecule has 0 saturated carbocycles. The summed E-state index contributed by atoms with van der Waals surface area (Å²) in [4.78, 5) is 0. The fraction of sp³-hybridized carbons (Fsp3) is 0.366. The Morgan fingerprint density at radius 1 is 0.711 bits per heavy atom. The van der Waals surface area contributed by atoms with Gasteiger partial charge in [0.1, 0.15) is 0 Å². The average Bonchev–Trinajstić information content (AvgIpc) is 3.53. The summed E-state index contributed by atoms with van der Waals surface area (Å²) in [5.41, 5.74) is 13.7. The van der Waals surface area contributed by atoms with Crippen molar-refractivity contribution < 1.29 is 17.9 Å². The SMILES string of the molecule is CCC1=Cc2c(ccc(C(C)(C)C)c2-c2cc(C(C)(C)C)cc(C(C)(C)C)c2)[CH]1[Zr]([Cl])([Cl])[c]1cccc2c1[SiH2]c1ccccc1-2. The number of allylic oxidation sites excluding steroid dienone is 1. The van der Waals surface area contributed by atoms with Gasteiger partial charge in [0.2, 0.25) is 0 Å². The molecule has 1 aliphatic carbocycles. The van der Waals surface area contributed by atoms with E-state index in [9.17, 15) is 0 Å². The van der Waals surface area contributed by atoms with Crippen LogP contribution in [0.15, 0.2) is 78.4 Å². The molecular formula is C41H48Cl2SiZr. The van der Waals surface area contributed by atoms with Gasteiger partial charge in [-0.1, -0.05) is 0 Å². The Labute approximate surface area is 286 Å². The quantitative estimate of drug-likeness (QED) is 0.162. The van der Waals surface area contributed by atoms with Crippen LogP contribution in [-0.4, -0.2) is 9.52 Å². The van der Waals surface area contributed by atoms with Gasteiger partial charge in [-0.05, 0) is 0 Å². The van der Waals surface area contributed by atoms with Gasteiger partial charge in [-0.25, -0.2) is 0 Å². The molecule has 1 aliphatic heterocycles. The van der Waals surface area contributed by atoms with Gasteiger partial charge < -0.3 is 0 Å². The van der Waals surface area contributed by atoms with Gasteiger partial charge in [0.05, 0.1) is 0 Å². The number of halogens is 2. The van der Waals surface area contributed by atoms with E-state index in [1.165, 1.54) is 69.3 Å². The summed E-state index contributed by atoms with van der Waals surface area (Å²) < 4.78 is 1.39. The monoisotopic (exact) mass is 728 g/mol. The standard InChI is InChI=1S/C29H39.C12H9Si.2ClH.Zr/c1-11-19-14-20-12-13-25(29(8,9)10)26(24(20)15-19)21-16-22(27(2,3)4)18-23(17-21)28(5,6)7;1-3-7-11-9(5-1)10-6-2-4-8-12(10)13-11;;;/h12-18H,11H2,1-10H3;1-7H,13H2;2*1H;/q;;;;+2/p-2. The second-order valence-electron chi connectivity index (χ2n) is 16.3. The molecular weight excluding hydrogens is 683 g/mol. The third kappa shape index (κ3) is 5.86. The maximum atomic E-state index is 7.95. The van der Waals surface area contributed by atoms with Crippen LogP contribution >= 0.6 is 17.0 Å². The van der Waals surface area contributed by atoms with Crippen LogP contribution in [0.1, 0.15) is 107 Å². The summed E-state index contributed by atoms with van der Waals surface area (Å²) in [5.74, 6) is 0. The molecule has 1 heterocycles. The van der Waals surface area contributed by atoms with Crippen molar-refractivity contribution in [2.45, 2.75) is 95.5 Å². The van der Waals surface area contributed by atoms with Gasteiger partial charge in [0.25, 0.3) is 0 Å². The van der Waals surface area contributed by atoms with E-state index in [2.05, 4.69) is 148 Å². The third-order valence-corrected chi connectivity index (χ3v) is 24.4. The van der Waals surface area contributed by atoms with Gasteiger partial charge >= 0.3 is 288 Å². The Balaban J connectivity index is 1.59. The summed E-state index contributed by atoms with van der Waals surface area (Å²) >= 11 is -4.03. The van der Waals surface area contributed by atoms with E-state index in [-0.39, 0.29) is 19.9 Å². The number of hydrogen-bond donors (Lipinski definition) is 0. The van der Waals surface area contributed by atoms with Crippen LogP contribution in [0.3, 0.4) is 0 Å². The zero-order valence-electron chi connectivity index (χ0n) is 28.8. The summed E-state index contributed by atoms with van der Waals surface area (Å²) in [7, 11) is 15.3. The molecule has 4 heteroatoms. The summed E-state index contributed by atoms with van der Waals surface area (Å²) in [6.45, 7) is 23.3. The van der Waals surface area contributed by atoms with E-state index < -0.39 is 27.4 Å². The molecule has 6 rings (SSSR count). The average molecular weight is 731 g/mol. The number of hydrogen-bond acceptors (Lipinski definition) is 0. The van der Waals surface area contributed by atoms with Crippen LogP contribution in [0, 0.1) is 0 Å². The molecule has 2 aliphatic rings. The maximum absolute atomic E-state index is 7.95. The van der Waals surface area contributed by atoms with Crippen molar-refractivity contribution in [1.82, 2.24) is 0 Å². The van der Waals surface area contributed by atoms with Crippen molar-refractivity contribution in [2.75, 3.05) is 0 Å². The molecule has 0 nitrogen and oxygen atoms in total. The Bertz CT molecular complexity index is 1810. The second kappa shape index (κ2) is 11.5. The van der Waals surface area contributed by atoms with Gasteiger partial charge in [-0.15, -0.1) is 0 Å². The molecule has 4 aromatic rings. The fourth-order valence-corrected chi connectivity index (χ4v) is 24.5. The first kappa shape index (κ1) is 33.2. The van der Waals surface area contributed by atoms with E-state index in [1.54, 1.807) is 0 Å². The van der Waals surface area contributed by atoms with Crippen LogP contribution in [0.5, 0.6) is 0 Å².